The molecular weight excluding hydrogens is 370 g/mol. The van der Waals surface area contributed by atoms with Gasteiger partial charge in [-0.2, -0.15) is 0 Å². The number of carbonyl (C=O) groups is 1. The first kappa shape index (κ1) is 19.3. The number of nitrogens with zero attached hydrogens (tertiary/aromatic N) is 1. The largest absolute Gasteiger partial charge is 0.492 e. The Hall–Kier alpha value is -2.05. The number of carbonyl (C=O) groups excluding carboxylic acids is 1. The molecule has 0 spiro atoms. The third-order valence-electron chi connectivity index (χ3n) is 5.81. The fourth-order valence-electron chi connectivity index (χ4n) is 4.63. The number of hydrogen-bond acceptors (Lipinski definition) is 4. The number of benzene rings is 1. The number of hydrogen-bond donors (Lipinski definition) is 2. The van der Waals surface area contributed by atoms with E-state index in [-0.39, 0.29) is 12.1 Å². The third-order valence-corrected chi connectivity index (χ3v) is 6.68. The second-order valence-electron chi connectivity index (χ2n) is 7.69. The van der Waals surface area contributed by atoms with Gasteiger partial charge in [-0.25, -0.2) is 4.79 Å². The lowest BCUT2D eigenvalue weighted by Crippen LogP contribution is -2.56. The summed E-state index contributed by atoms with van der Waals surface area (Å²) in [4.78, 5) is 16.7. The molecule has 2 amide bonds. The molecule has 150 valence electrons. The Balaban J connectivity index is 1.35. The van der Waals surface area contributed by atoms with Gasteiger partial charge < -0.3 is 15.4 Å². The van der Waals surface area contributed by atoms with Crippen LogP contribution in [0.4, 0.5) is 10.5 Å². The third kappa shape index (κ3) is 4.50. The van der Waals surface area contributed by atoms with E-state index >= 15 is 0 Å². The minimum atomic E-state index is -0.137. The molecule has 0 radical (unpaired) electrons. The maximum Gasteiger partial charge on any atom is 0.319 e. The molecule has 2 fully saturated rings. The van der Waals surface area contributed by atoms with Gasteiger partial charge in [0.25, 0.3) is 0 Å². The van der Waals surface area contributed by atoms with Crippen molar-refractivity contribution in [3.63, 3.8) is 0 Å². The molecule has 6 heteroatoms. The Morgan fingerprint density at radius 2 is 1.96 bits per heavy atom. The van der Waals surface area contributed by atoms with Crippen LogP contribution in [0.1, 0.15) is 43.9 Å². The van der Waals surface area contributed by atoms with Gasteiger partial charge in [0.1, 0.15) is 5.75 Å². The molecule has 2 aliphatic heterocycles. The van der Waals surface area contributed by atoms with E-state index in [1.165, 1.54) is 24.1 Å². The lowest BCUT2D eigenvalue weighted by atomic mass is 9.81. The molecule has 2 aromatic rings. The summed E-state index contributed by atoms with van der Waals surface area (Å²) in [6, 6.07) is 13.2. The first-order valence-corrected chi connectivity index (χ1v) is 11.2. The second kappa shape index (κ2) is 8.97. The van der Waals surface area contributed by atoms with Gasteiger partial charge in [-0.05, 0) is 56.2 Å². The average Bonchev–Trinajstić information content (AvgIpc) is 3.17. The summed E-state index contributed by atoms with van der Waals surface area (Å²) in [5.41, 5.74) is 0.720. The van der Waals surface area contributed by atoms with Gasteiger partial charge in [-0.3, -0.25) is 4.90 Å². The highest BCUT2D eigenvalue weighted by Gasteiger charge is 2.38. The molecule has 2 aliphatic rings. The lowest BCUT2D eigenvalue weighted by molar-refractivity contribution is 0.0208. The zero-order valence-corrected chi connectivity index (χ0v) is 17.2. The summed E-state index contributed by atoms with van der Waals surface area (Å²) in [7, 11) is 0. The second-order valence-corrected chi connectivity index (χ2v) is 8.72. The van der Waals surface area contributed by atoms with Gasteiger partial charge in [0.15, 0.2) is 0 Å². The van der Waals surface area contributed by atoms with E-state index in [4.69, 9.17) is 4.74 Å². The molecule has 3 atom stereocenters. The van der Waals surface area contributed by atoms with Gasteiger partial charge in [-0.15, -0.1) is 11.3 Å². The van der Waals surface area contributed by atoms with Crippen LogP contribution in [0.3, 0.4) is 0 Å². The predicted octanol–water partition coefficient (Wildman–Crippen LogP) is 4.85. The maximum atomic E-state index is 12.6. The quantitative estimate of drug-likeness (QED) is 0.730. The SMILES string of the molecule is CCOc1ccccc1NC(=O)NC1C[C@H]2CCC[C@@H](C1)N2Cc1cccs1. The Kier molecular flexibility index (Phi) is 6.17. The van der Waals surface area contributed by atoms with E-state index in [9.17, 15) is 4.79 Å². The van der Waals surface area contributed by atoms with E-state index in [1.54, 1.807) is 0 Å². The van der Waals surface area contributed by atoms with Crippen LogP contribution in [0.25, 0.3) is 0 Å². The zero-order chi connectivity index (χ0) is 19.3. The average molecular weight is 400 g/mol. The van der Waals surface area contributed by atoms with Crippen molar-refractivity contribution in [1.29, 1.82) is 0 Å². The van der Waals surface area contributed by atoms with Gasteiger partial charge in [0.05, 0.1) is 12.3 Å². The van der Waals surface area contributed by atoms with Crippen molar-refractivity contribution in [3.8, 4) is 5.75 Å². The number of para-hydroxylation sites is 2. The molecule has 2 saturated heterocycles. The van der Waals surface area contributed by atoms with Crippen LogP contribution in [0.5, 0.6) is 5.75 Å². The minimum absolute atomic E-state index is 0.137. The number of amides is 2. The first-order valence-electron chi connectivity index (χ1n) is 10.3. The molecule has 1 aromatic heterocycles. The molecule has 5 nitrogen and oxygen atoms in total. The molecule has 3 heterocycles. The topological polar surface area (TPSA) is 53.6 Å². The minimum Gasteiger partial charge on any atom is -0.492 e. The van der Waals surface area contributed by atoms with E-state index in [1.807, 2.05) is 42.5 Å². The fraction of sp³-hybridized carbons (Fsp3) is 0.500. The molecule has 2 bridgehead atoms. The number of ether oxygens (including phenoxy) is 1. The zero-order valence-electron chi connectivity index (χ0n) is 16.4. The summed E-state index contributed by atoms with van der Waals surface area (Å²) < 4.78 is 5.60. The Bertz CT molecular complexity index is 766. The number of urea groups is 1. The normalized spacial score (nSPS) is 24.5. The Labute approximate surface area is 171 Å². The van der Waals surface area contributed by atoms with Gasteiger partial charge in [-0.1, -0.05) is 24.6 Å². The standard InChI is InChI=1S/C22H29N3O2S/c1-2-27-21-11-4-3-10-20(21)24-22(26)23-16-13-17-7-5-8-18(14-16)25(17)15-19-9-6-12-28-19/h3-4,6,9-12,16-18H,2,5,7-8,13-15H2,1H3,(H2,23,24,26)/t16?,17-,18+. The molecule has 1 aromatic carbocycles. The smallest absolute Gasteiger partial charge is 0.319 e. The van der Waals surface area contributed by atoms with Gasteiger partial charge in [0.2, 0.25) is 0 Å². The molecule has 4 rings (SSSR count). The Morgan fingerprint density at radius 3 is 2.68 bits per heavy atom. The monoisotopic (exact) mass is 399 g/mol. The van der Waals surface area contributed by atoms with Crippen LogP contribution in [0.2, 0.25) is 0 Å². The van der Waals surface area contributed by atoms with Crippen LogP contribution >= 0.6 is 11.3 Å². The van der Waals surface area contributed by atoms with Crippen molar-refractivity contribution in [1.82, 2.24) is 10.2 Å². The highest BCUT2D eigenvalue weighted by atomic mass is 32.1. The van der Waals surface area contributed by atoms with Crippen LogP contribution in [0, 0.1) is 0 Å². The first-order chi connectivity index (χ1) is 13.7. The molecule has 0 saturated carbocycles. The van der Waals surface area contributed by atoms with E-state index < -0.39 is 0 Å². The van der Waals surface area contributed by atoms with Crippen molar-refractivity contribution in [3.05, 3.63) is 46.7 Å². The summed E-state index contributed by atoms with van der Waals surface area (Å²) in [5, 5.41) is 8.34. The van der Waals surface area contributed by atoms with E-state index in [0.717, 1.165) is 25.1 Å². The van der Waals surface area contributed by atoms with Gasteiger partial charge >= 0.3 is 6.03 Å². The number of piperidine rings is 2. The van der Waals surface area contributed by atoms with Crippen LogP contribution in [-0.4, -0.2) is 35.7 Å². The summed E-state index contributed by atoms with van der Waals surface area (Å²) in [6.07, 6.45) is 5.82. The molecular formula is C22H29N3O2S. The fourth-order valence-corrected chi connectivity index (χ4v) is 5.34. The number of anilines is 1. The van der Waals surface area contributed by atoms with Crippen molar-refractivity contribution >= 4 is 23.1 Å². The number of fused-ring (bicyclic) bond motifs is 2. The van der Waals surface area contributed by atoms with E-state index in [2.05, 4.69) is 33.0 Å². The van der Waals surface area contributed by atoms with Crippen molar-refractivity contribution in [2.75, 3.05) is 11.9 Å². The summed E-state index contributed by atoms with van der Waals surface area (Å²) in [5.74, 6) is 0.711. The molecule has 1 unspecified atom stereocenters. The van der Waals surface area contributed by atoms with Gasteiger partial charge in [0, 0.05) is 29.5 Å². The molecule has 0 aliphatic carbocycles. The summed E-state index contributed by atoms with van der Waals surface area (Å²) >= 11 is 1.84. The molecule has 28 heavy (non-hydrogen) atoms. The van der Waals surface area contributed by atoms with Crippen LogP contribution in [-0.2, 0) is 6.54 Å². The highest BCUT2D eigenvalue weighted by molar-refractivity contribution is 7.09. The van der Waals surface area contributed by atoms with E-state index in [0.29, 0.717) is 24.4 Å². The van der Waals surface area contributed by atoms with Crippen molar-refractivity contribution in [2.45, 2.75) is 63.7 Å². The van der Waals surface area contributed by atoms with Crippen LogP contribution in [0.15, 0.2) is 41.8 Å². The predicted molar refractivity (Wildman–Crippen MR) is 114 cm³/mol. The van der Waals surface area contributed by atoms with Crippen molar-refractivity contribution < 1.29 is 9.53 Å². The lowest BCUT2D eigenvalue weighted by Gasteiger charge is -2.48. The summed E-state index contributed by atoms with van der Waals surface area (Å²) in [6.45, 7) is 3.57. The van der Waals surface area contributed by atoms with Crippen molar-refractivity contribution in [2.24, 2.45) is 0 Å². The number of rotatable bonds is 6. The van der Waals surface area contributed by atoms with Crippen LogP contribution < -0.4 is 15.4 Å². The maximum absolute atomic E-state index is 12.6. The Morgan fingerprint density at radius 1 is 1.18 bits per heavy atom. The number of nitrogens with one attached hydrogen (secondary N) is 2. The number of thiophene rings is 1. The highest BCUT2D eigenvalue weighted by Crippen LogP contribution is 2.36. The molecule has 2 N–H and O–H groups in total.